The Morgan fingerprint density at radius 3 is 2.31 bits per heavy atom. The molecule has 4 rings (SSSR count). The molecule has 2 atom stereocenters. The average molecular weight is 350 g/mol. The number of nitrogens with one attached hydrogen (secondary N) is 2. The van der Waals surface area contributed by atoms with Gasteiger partial charge in [-0.2, -0.15) is 5.10 Å². The number of rotatable bonds is 4. The van der Waals surface area contributed by atoms with Crippen LogP contribution in [0, 0.1) is 11.8 Å². The molecule has 0 saturated carbocycles. The van der Waals surface area contributed by atoms with Gasteiger partial charge in [0.2, 0.25) is 17.7 Å². The Balaban J connectivity index is 1.40. The van der Waals surface area contributed by atoms with Gasteiger partial charge in [0.15, 0.2) is 0 Å². The van der Waals surface area contributed by atoms with E-state index in [1.807, 2.05) is 30.4 Å². The van der Waals surface area contributed by atoms with E-state index in [0.717, 1.165) is 16.2 Å². The summed E-state index contributed by atoms with van der Waals surface area (Å²) >= 11 is 0. The van der Waals surface area contributed by atoms with Crippen molar-refractivity contribution < 1.29 is 14.4 Å². The van der Waals surface area contributed by atoms with Crippen molar-refractivity contribution in [2.45, 2.75) is 12.8 Å². The predicted octanol–water partition coefficient (Wildman–Crippen LogP) is 1.97. The molecule has 2 heterocycles. The lowest BCUT2D eigenvalue weighted by molar-refractivity contribution is -0.142. The van der Waals surface area contributed by atoms with E-state index in [9.17, 15) is 14.4 Å². The summed E-state index contributed by atoms with van der Waals surface area (Å²) < 4.78 is 0. The van der Waals surface area contributed by atoms with Crippen LogP contribution in [0.25, 0.3) is 11.3 Å². The van der Waals surface area contributed by atoms with Crippen LogP contribution < -0.4 is 5.32 Å². The number of anilines is 1. The van der Waals surface area contributed by atoms with Gasteiger partial charge in [-0.05, 0) is 36.6 Å². The second-order valence-corrected chi connectivity index (χ2v) is 6.51. The Hall–Kier alpha value is -3.22. The summed E-state index contributed by atoms with van der Waals surface area (Å²) in [5, 5.41) is 9.51. The molecule has 132 valence electrons. The van der Waals surface area contributed by atoms with E-state index in [1.165, 1.54) is 0 Å². The van der Waals surface area contributed by atoms with Crippen LogP contribution in [0.4, 0.5) is 5.69 Å². The minimum absolute atomic E-state index is 0.242. The molecule has 2 aliphatic rings. The predicted molar refractivity (Wildman–Crippen MR) is 94.7 cm³/mol. The summed E-state index contributed by atoms with van der Waals surface area (Å²) in [6.07, 6.45) is 6.67. The van der Waals surface area contributed by atoms with Crippen LogP contribution in [0.2, 0.25) is 0 Å². The number of hydrogen-bond acceptors (Lipinski definition) is 4. The zero-order valence-electron chi connectivity index (χ0n) is 14.0. The highest BCUT2D eigenvalue weighted by Gasteiger charge is 2.47. The van der Waals surface area contributed by atoms with Gasteiger partial charge in [0, 0.05) is 11.9 Å². The number of amides is 3. The number of hydrogen-bond donors (Lipinski definition) is 2. The molecule has 7 heteroatoms. The minimum Gasteiger partial charge on any atom is -0.325 e. The molecule has 1 saturated heterocycles. The number of aromatic amines is 1. The van der Waals surface area contributed by atoms with Crippen LogP contribution >= 0.6 is 0 Å². The fraction of sp³-hybridized carbons (Fsp3) is 0.263. The second kappa shape index (κ2) is 6.59. The first-order valence-electron chi connectivity index (χ1n) is 8.53. The maximum Gasteiger partial charge on any atom is 0.244 e. The molecule has 1 aromatic heterocycles. The highest BCUT2D eigenvalue weighted by atomic mass is 16.2. The number of imide groups is 1. The van der Waals surface area contributed by atoms with Gasteiger partial charge in [0.1, 0.15) is 6.54 Å². The van der Waals surface area contributed by atoms with Crippen molar-refractivity contribution in [3.63, 3.8) is 0 Å². The first-order chi connectivity index (χ1) is 12.6. The fourth-order valence-corrected chi connectivity index (χ4v) is 3.52. The van der Waals surface area contributed by atoms with E-state index in [2.05, 4.69) is 15.5 Å². The third-order valence-electron chi connectivity index (χ3n) is 4.88. The summed E-state index contributed by atoms with van der Waals surface area (Å²) in [7, 11) is 0. The molecule has 1 aromatic carbocycles. The van der Waals surface area contributed by atoms with Crippen LogP contribution in [0.3, 0.4) is 0 Å². The first kappa shape index (κ1) is 16.3. The summed E-state index contributed by atoms with van der Waals surface area (Å²) in [4.78, 5) is 38.2. The van der Waals surface area contributed by atoms with E-state index in [0.29, 0.717) is 18.5 Å². The number of benzene rings is 1. The van der Waals surface area contributed by atoms with E-state index in [-0.39, 0.29) is 36.1 Å². The molecule has 2 N–H and O–H groups in total. The molecule has 26 heavy (non-hydrogen) atoms. The lowest BCUT2D eigenvalue weighted by atomic mass is 9.85. The van der Waals surface area contributed by atoms with E-state index >= 15 is 0 Å². The Bertz CT molecular complexity index is 845. The Morgan fingerprint density at radius 1 is 1.08 bits per heavy atom. The SMILES string of the molecule is O=C(CN1C(=O)C2CC=CCC2C1=O)Nc1ccc(-c2ccn[nH]2)cc1. The zero-order valence-corrected chi connectivity index (χ0v) is 14.0. The standard InChI is InChI=1S/C19H18N4O3/c24-17(11-23-18(25)14-3-1-2-4-15(14)19(23)26)21-13-7-5-12(6-8-13)16-9-10-20-22-16/h1-2,5-10,14-15H,3-4,11H2,(H,20,22)(H,21,24). The molecular formula is C19H18N4O3. The number of carbonyl (C=O) groups excluding carboxylic acids is 3. The summed E-state index contributed by atoms with van der Waals surface area (Å²) in [6, 6.07) is 9.11. The number of likely N-dealkylation sites (tertiary alicyclic amines) is 1. The molecule has 7 nitrogen and oxygen atoms in total. The monoisotopic (exact) mass is 350 g/mol. The molecule has 0 bridgehead atoms. The number of allylic oxidation sites excluding steroid dienone is 2. The summed E-state index contributed by atoms with van der Waals surface area (Å²) in [5.74, 6) is -1.49. The van der Waals surface area contributed by atoms with Crippen molar-refractivity contribution in [1.29, 1.82) is 0 Å². The van der Waals surface area contributed by atoms with Gasteiger partial charge in [0.25, 0.3) is 0 Å². The number of nitrogens with zero attached hydrogens (tertiary/aromatic N) is 2. The molecule has 3 amide bonds. The Labute approximate surface area is 150 Å². The molecule has 2 unspecified atom stereocenters. The van der Waals surface area contributed by atoms with E-state index in [4.69, 9.17) is 0 Å². The number of H-pyrrole nitrogens is 1. The van der Waals surface area contributed by atoms with Crippen molar-refractivity contribution in [1.82, 2.24) is 15.1 Å². The Kier molecular flexibility index (Phi) is 4.12. The molecule has 1 aliphatic heterocycles. The van der Waals surface area contributed by atoms with Crippen LogP contribution in [-0.2, 0) is 14.4 Å². The van der Waals surface area contributed by atoms with Crippen molar-refractivity contribution in [2.24, 2.45) is 11.8 Å². The number of fused-ring (bicyclic) bond motifs is 1. The number of aromatic nitrogens is 2. The first-order valence-corrected chi connectivity index (χ1v) is 8.53. The van der Waals surface area contributed by atoms with E-state index in [1.54, 1.807) is 18.3 Å². The largest absolute Gasteiger partial charge is 0.325 e. The normalized spacial score (nSPS) is 21.8. The van der Waals surface area contributed by atoms with Crippen LogP contribution in [0.5, 0.6) is 0 Å². The molecule has 1 aliphatic carbocycles. The fourth-order valence-electron chi connectivity index (χ4n) is 3.52. The maximum absolute atomic E-state index is 12.4. The molecule has 0 spiro atoms. The summed E-state index contributed by atoms with van der Waals surface area (Å²) in [6.45, 7) is -0.243. The molecule has 0 radical (unpaired) electrons. The minimum atomic E-state index is -0.382. The van der Waals surface area contributed by atoms with Gasteiger partial charge in [-0.3, -0.25) is 24.4 Å². The zero-order chi connectivity index (χ0) is 18.1. The molecular weight excluding hydrogens is 332 g/mol. The third kappa shape index (κ3) is 2.92. The quantitative estimate of drug-likeness (QED) is 0.651. The highest BCUT2D eigenvalue weighted by Crippen LogP contribution is 2.34. The van der Waals surface area contributed by atoms with Crippen LogP contribution in [0.15, 0.2) is 48.7 Å². The van der Waals surface area contributed by atoms with Gasteiger partial charge in [-0.25, -0.2) is 0 Å². The van der Waals surface area contributed by atoms with Crippen molar-refractivity contribution >= 4 is 23.4 Å². The highest BCUT2D eigenvalue weighted by molar-refractivity contribution is 6.08. The van der Waals surface area contributed by atoms with Crippen molar-refractivity contribution in [3.05, 3.63) is 48.7 Å². The van der Waals surface area contributed by atoms with Gasteiger partial charge in [0.05, 0.1) is 17.5 Å². The topological polar surface area (TPSA) is 95.2 Å². The number of carbonyl (C=O) groups is 3. The van der Waals surface area contributed by atoms with Gasteiger partial charge in [-0.1, -0.05) is 24.3 Å². The van der Waals surface area contributed by atoms with Crippen LogP contribution in [0.1, 0.15) is 12.8 Å². The summed E-state index contributed by atoms with van der Waals surface area (Å²) in [5.41, 5.74) is 2.44. The second-order valence-electron chi connectivity index (χ2n) is 6.51. The van der Waals surface area contributed by atoms with Gasteiger partial charge in [-0.15, -0.1) is 0 Å². The van der Waals surface area contributed by atoms with Crippen molar-refractivity contribution in [2.75, 3.05) is 11.9 Å². The average Bonchev–Trinajstić information content (AvgIpc) is 3.27. The Morgan fingerprint density at radius 2 is 1.73 bits per heavy atom. The van der Waals surface area contributed by atoms with Crippen molar-refractivity contribution in [3.8, 4) is 11.3 Å². The van der Waals surface area contributed by atoms with Gasteiger partial charge >= 0.3 is 0 Å². The van der Waals surface area contributed by atoms with Gasteiger partial charge < -0.3 is 5.32 Å². The maximum atomic E-state index is 12.4. The molecule has 1 fully saturated rings. The lowest BCUT2D eigenvalue weighted by Crippen LogP contribution is -2.38. The smallest absolute Gasteiger partial charge is 0.244 e. The molecule has 2 aromatic rings. The third-order valence-corrected chi connectivity index (χ3v) is 4.88. The van der Waals surface area contributed by atoms with E-state index < -0.39 is 0 Å². The lowest BCUT2D eigenvalue weighted by Gasteiger charge is -2.14. The van der Waals surface area contributed by atoms with Crippen LogP contribution in [-0.4, -0.2) is 39.4 Å².